The van der Waals surface area contributed by atoms with E-state index in [1.54, 1.807) is 13.8 Å². The number of unbranched alkanes of at least 4 members (excludes halogenated alkanes) is 4. The zero-order valence-electron chi connectivity index (χ0n) is 17.3. The molecule has 0 saturated carbocycles. The maximum atomic E-state index is 11.2. The molecule has 0 fully saturated rings. The number of hydrogen-bond acceptors (Lipinski definition) is 8. The summed E-state index contributed by atoms with van der Waals surface area (Å²) in [7, 11) is 0. The van der Waals surface area contributed by atoms with Gasteiger partial charge in [0.25, 0.3) is 0 Å². The molecule has 8 heteroatoms. The molecule has 0 atom stereocenters. The van der Waals surface area contributed by atoms with Crippen LogP contribution in [-0.4, -0.2) is 51.4 Å². The van der Waals surface area contributed by atoms with Crippen LogP contribution in [0.5, 0.6) is 0 Å². The van der Waals surface area contributed by atoms with Gasteiger partial charge >= 0.3 is 11.9 Å². The number of hydroxylamine groups is 1. The lowest BCUT2D eigenvalue weighted by Crippen LogP contribution is -2.20. The van der Waals surface area contributed by atoms with Crippen molar-refractivity contribution in [1.29, 1.82) is 0 Å². The summed E-state index contributed by atoms with van der Waals surface area (Å²) in [4.78, 5) is 36.5. The Hall–Kier alpha value is -1.74. The Kier molecular flexibility index (Phi) is 17.5. The molecule has 2 N–H and O–H groups in total. The fraction of sp³-hybridized carbons (Fsp3) is 0.700. The van der Waals surface area contributed by atoms with E-state index in [-0.39, 0.29) is 18.1 Å². The van der Waals surface area contributed by atoms with Crippen molar-refractivity contribution in [2.24, 2.45) is 0 Å². The summed E-state index contributed by atoms with van der Waals surface area (Å²) in [6, 6.07) is 0. The standard InChI is InChI=1S/C20H36N2O6/c1-17(2)19(23)25-14-10-9-12-21-11-7-5-6-8-13-22-26-15-16-27-28-20(24)18(3)4/h21-22H,1,3,5-16H2,2,4H3. The summed E-state index contributed by atoms with van der Waals surface area (Å²) in [5.74, 6) is -0.892. The van der Waals surface area contributed by atoms with E-state index in [2.05, 4.69) is 33.7 Å². The van der Waals surface area contributed by atoms with E-state index in [0.717, 1.165) is 58.2 Å². The summed E-state index contributed by atoms with van der Waals surface area (Å²) >= 11 is 0. The van der Waals surface area contributed by atoms with Crippen LogP contribution >= 0.6 is 0 Å². The molecular weight excluding hydrogens is 364 g/mol. The zero-order valence-corrected chi connectivity index (χ0v) is 17.3. The fourth-order valence-corrected chi connectivity index (χ4v) is 1.95. The minimum atomic E-state index is -0.577. The number of nitrogens with one attached hydrogen (secondary N) is 2. The molecule has 0 heterocycles. The van der Waals surface area contributed by atoms with Crippen molar-refractivity contribution in [1.82, 2.24) is 10.8 Å². The van der Waals surface area contributed by atoms with Gasteiger partial charge in [-0.15, -0.1) is 0 Å². The Balaban J connectivity index is 3.14. The normalized spacial score (nSPS) is 10.5. The second-order valence-corrected chi connectivity index (χ2v) is 6.50. The maximum Gasteiger partial charge on any atom is 0.368 e. The number of hydrogen-bond donors (Lipinski definition) is 2. The number of esters is 1. The Morgan fingerprint density at radius 1 is 0.750 bits per heavy atom. The smallest absolute Gasteiger partial charge is 0.368 e. The number of ether oxygens (including phenoxy) is 1. The third kappa shape index (κ3) is 17.7. The van der Waals surface area contributed by atoms with Gasteiger partial charge in [-0.25, -0.2) is 15.1 Å². The van der Waals surface area contributed by atoms with Crippen LogP contribution < -0.4 is 10.8 Å². The van der Waals surface area contributed by atoms with Crippen LogP contribution in [0.25, 0.3) is 0 Å². The van der Waals surface area contributed by atoms with Crippen molar-refractivity contribution in [2.75, 3.05) is 39.5 Å². The highest BCUT2D eigenvalue weighted by Crippen LogP contribution is 1.99. The van der Waals surface area contributed by atoms with Gasteiger partial charge < -0.3 is 10.1 Å². The van der Waals surface area contributed by atoms with Crippen LogP contribution in [0.1, 0.15) is 52.4 Å². The van der Waals surface area contributed by atoms with Gasteiger partial charge in [-0.3, -0.25) is 9.73 Å². The van der Waals surface area contributed by atoms with E-state index in [4.69, 9.17) is 9.57 Å². The zero-order chi connectivity index (χ0) is 21.0. The largest absolute Gasteiger partial charge is 0.462 e. The van der Waals surface area contributed by atoms with Crippen LogP contribution in [0.3, 0.4) is 0 Å². The Morgan fingerprint density at radius 2 is 1.36 bits per heavy atom. The van der Waals surface area contributed by atoms with Gasteiger partial charge in [-0.1, -0.05) is 26.0 Å². The van der Waals surface area contributed by atoms with E-state index in [1.165, 1.54) is 0 Å². The first-order valence-electron chi connectivity index (χ1n) is 9.82. The van der Waals surface area contributed by atoms with Crippen molar-refractivity contribution in [3.05, 3.63) is 24.3 Å². The minimum Gasteiger partial charge on any atom is -0.462 e. The van der Waals surface area contributed by atoms with Crippen molar-refractivity contribution >= 4 is 11.9 Å². The molecule has 8 nitrogen and oxygen atoms in total. The second-order valence-electron chi connectivity index (χ2n) is 6.50. The van der Waals surface area contributed by atoms with E-state index in [0.29, 0.717) is 18.8 Å². The predicted octanol–water partition coefficient (Wildman–Crippen LogP) is 2.61. The number of carbonyl (C=O) groups excluding carboxylic acids is 2. The van der Waals surface area contributed by atoms with Gasteiger partial charge in [0.2, 0.25) is 0 Å². The average Bonchev–Trinajstić information content (AvgIpc) is 2.66. The van der Waals surface area contributed by atoms with Crippen LogP contribution in [0.4, 0.5) is 0 Å². The molecular formula is C20H36N2O6. The Bertz CT molecular complexity index is 426. The number of rotatable bonds is 19. The van der Waals surface area contributed by atoms with E-state index < -0.39 is 5.97 Å². The molecule has 0 aliphatic carbocycles. The first-order chi connectivity index (χ1) is 13.4. The van der Waals surface area contributed by atoms with Gasteiger partial charge in [0.05, 0.1) is 13.2 Å². The highest BCUT2D eigenvalue weighted by molar-refractivity contribution is 5.87. The van der Waals surface area contributed by atoms with Gasteiger partial charge in [0, 0.05) is 17.7 Å². The summed E-state index contributed by atoms with van der Waals surface area (Å²) in [6.45, 7) is 13.8. The summed E-state index contributed by atoms with van der Waals surface area (Å²) in [6.07, 6.45) is 6.29. The molecule has 0 amide bonds. The van der Waals surface area contributed by atoms with Crippen LogP contribution in [-0.2, 0) is 28.9 Å². The molecule has 0 radical (unpaired) electrons. The SMILES string of the molecule is C=C(C)C(=O)OCCCCNCCCCCCNOCCOOC(=O)C(=C)C. The molecule has 0 rings (SSSR count). The van der Waals surface area contributed by atoms with Gasteiger partial charge in [0.15, 0.2) is 0 Å². The van der Waals surface area contributed by atoms with Crippen LogP contribution in [0.15, 0.2) is 24.3 Å². The highest BCUT2D eigenvalue weighted by atomic mass is 17.2. The molecule has 0 unspecified atom stereocenters. The first-order valence-corrected chi connectivity index (χ1v) is 9.82. The quantitative estimate of drug-likeness (QED) is 0.112. The molecule has 0 aliphatic heterocycles. The number of carbonyl (C=O) groups is 2. The minimum absolute atomic E-state index is 0.161. The molecule has 162 valence electrons. The second kappa shape index (κ2) is 18.6. The lowest BCUT2D eigenvalue weighted by molar-refractivity contribution is -0.274. The van der Waals surface area contributed by atoms with Gasteiger partial charge in [0.1, 0.15) is 6.61 Å². The lowest BCUT2D eigenvalue weighted by atomic mass is 10.2. The summed E-state index contributed by atoms with van der Waals surface area (Å²) in [5, 5.41) is 3.39. The Labute approximate surface area is 168 Å². The topological polar surface area (TPSA) is 95.1 Å². The summed E-state index contributed by atoms with van der Waals surface area (Å²) < 4.78 is 5.03. The third-order valence-corrected chi connectivity index (χ3v) is 3.57. The molecule has 0 bridgehead atoms. The van der Waals surface area contributed by atoms with Crippen molar-refractivity contribution in [3.8, 4) is 0 Å². The predicted molar refractivity (Wildman–Crippen MR) is 107 cm³/mol. The molecule has 28 heavy (non-hydrogen) atoms. The molecule has 0 aromatic heterocycles. The molecule has 0 saturated heterocycles. The van der Waals surface area contributed by atoms with E-state index in [9.17, 15) is 9.59 Å². The maximum absolute atomic E-state index is 11.2. The molecule has 0 spiro atoms. The van der Waals surface area contributed by atoms with Crippen LogP contribution in [0, 0.1) is 0 Å². The van der Waals surface area contributed by atoms with Gasteiger partial charge in [-0.05, 0) is 52.6 Å². The molecule has 0 aliphatic rings. The summed E-state index contributed by atoms with van der Waals surface area (Å²) in [5.41, 5.74) is 3.58. The van der Waals surface area contributed by atoms with Crippen molar-refractivity contribution < 1.29 is 28.9 Å². The van der Waals surface area contributed by atoms with Crippen molar-refractivity contribution in [3.63, 3.8) is 0 Å². The Morgan fingerprint density at radius 3 is 2.00 bits per heavy atom. The van der Waals surface area contributed by atoms with Crippen molar-refractivity contribution in [2.45, 2.75) is 52.4 Å². The van der Waals surface area contributed by atoms with E-state index in [1.807, 2.05) is 0 Å². The monoisotopic (exact) mass is 400 g/mol. The molecule has 0 aromatic rings. The molecule has 0 aromatic carbocycles. The highest BCUT2D eigenvalue weighted by Gasteiger charge is 2.03. The first kappa shape index (κ1) is 26.3. The van der Waals surface area contributed by atoms with Crippen LogP contribution in [0.2, 0.25) is 0 Å². The average molecular weight is 401 g/mol. The van der Waals surface area contributed by atoms with Gasteiger partial charge in [-0.2, -0.15) is 4.89 Å². The third-order valence-electron chi connectivity index (χ3n) is 3.57. The van der Waals surface area contributed by atoms with E-state index >= 15 is 0 Å². The fourth-order valence-electron chi connectivity index (χ4n) is 1.95. The lowest BCUT2D eigenvalue weighted by Gasteiger charge is -2.07.